The van der Waals surface area contributed by atoms with E-state index in [0.29, 0.717) is 48.5 Å². The lowest BCUT2D eigenvalue weighted by molar-refractivity contribution is -0.118. The van der Waals surface area contributed by atoms with Crippen molar-refractivity contribution in [1.82, 2.24) is 0 Å². The van der Waals surface area contributed by atoms with Crippen molar-refractivity contribution in [3.63, 3.8) is 0 Å². The molecule has 1 amide bonds. The standard InChI is InChI=1S/C26H21Cl2NO6S/c1-4-33-26(32)23-13(2)14(3)36-25(23)29-22(30)12-34-16-6-8-18-21(10-16)35-11-19(24(18)31)17-7-5-15(27)9-20(17)28/h5-11H,4,12H2,1-3H3,(H,29,30). The zero-order chi connectivity index (χ0) is 26.0. The number of aryl methyl sites for hydroxylation is 1. The van der Waals surface area contributed by atoms with Crippen LogP contribution in [-0.4, -0.2) is 25.1 Å². The van der Waals surface area contributed by atoms with Crippen molar-refractivity contribution in [2.75, 3.05) is 18.5 Å². The fourth-order valence-electron chi connectivity index (χ4n) is 3.57. The molecule has 0 bridgehead atoms. The van der Waals surface area contributed by atoms with E-state index in [2.05, 4.69) is 5.32 Å². The van der Waals surface area contributed by atoms with Gasteiger partial charge in [-0.2, -0.15) is 0 Å². The minimum absolute atomic E-state index is 0.232. The van der Waals surface area contributed by atoms with Crippen molar-refractivity contribution >= 4 is 62.4 Å². The number of amides is 1. The van der Waals surface area contributed by atoms with Gasteiger partial charge in [-0.15, -0.1) is 11.3 Å². The van der Waals surface area contributed by atoms with Crippen LogP contribution in [0, 0.1) is 13.8 Å². The van der Waals surface area contributed by atoms with Gasteiger partial charge in [-0.1, -0.05) is 29.3 Å². The van der Waals surface area contributed by atoms with Gasteiger partial charge in [-0.3, -0.25) is 9.59 Å². The van der Waals surface area contributed by atoms with E-state index in [9.17, 15) is 14.4 Å². The van der Waals surface area contributed by atoms with E-state index in [1.165, 1.54) is 23.7 Å². The second kappa shape index (κ2) is 10.7. The van der Waals surface area contributed by atoms with Crippen LogP contribution in [0.3, 0.4) is 0 Å². The number of esters is 1. The molecule has 2 aromatic heterocycles. The van der Waals surface area contributed by atoms with Crippen molar-refractivity contribution in [1.29, 1.82) is 0 Å². The van der Waals surface area contributed by atoms with Crippen LogP contribution in [0.1, 0.15) is 27.7 Å². The van der Waals surface area contributed by atoms with E-state index >= 15 is 0 Å². The van der Waals surface area contributed by atoms with Crippen LogP contribution in [0.2, 0.25) is 10.0 Å². The first-order valence-electron chi connectivity index (χ1n) is 10.9. The van der Waals surface area contributed by atoms with E-state index in [0.717, 1.165) is 10.4 Å². The number of fused-ring (bicyclic) bond motifs is 1. The second-order valence-corrected chi connectivity index (χ2v) is 9.87. The molecule has 0 unspecified atom stereocenters. The molecule has 0 atom stereocenters. The summed E-state index contributed by atoms with van der Waals surface area (Å²) in [5.41, 5.74) is 1.95. The highest BCUT2D eigenvalue weighted by molar-refractivity contribution is 7.16. The molecule has 1 N–H and O–H groups in total. The van der Waals surface area contributed by atoms with Crippen LogP contribution in [0.4, 0.5) is 5.00 Å². The molecule has 0 spiro atoms. The normalized spacial score (nSPS) is 10.9. The molecule has 186 valence electrons. The summed E-state index contributed by atoms with van der Waals surface area (Å²) in [6.45, 7) is 5.31. The molecule has 10 heteroatoms. The van der Waals surface area contributed by atoms with Crippen LogP contribution >= 0.6 is 34.5 Å². The Morgan fingerprint density at radius 2 is 1.86 bits per heavy atom. The van der Waals surface area contributed by atoms with Crippen LogP contribution in [0.5, 0.6) is 5.75 Å². The highest BCUT2D eigenvalue weighted by Crippen LogP contribution is 2.33. The lowest BCUT2D eigenvalue weighted by atomic mass is 10.1. The number of carbonyl (C=O) groups is 2. The van der Waals surface area contributed by atoms with Crippen LogP contribution in [-0.2, 0) is 9.53 Å². The number of benzene rings is 2. The minimum atomic E-state index is -0.487. The number of thiophene rings is 1. The topological polar surface area (TPSA) is 94.8 Å². The highest BCUT2D eigenvalue weighted by Gasteiger charge is 2.22. The SMILES string of the molecule is CCOC(=O)c1c(NC(=O)COc2ccc3c(=O)c(-c4ccc(Cl)cc4Cl)coc3c2)sc(C)c1C. The number of rotatable bonds is 7. The first kappa shape index (κ1) is 25.8. The van der Waals surface area contributed by atoms with Crippen LogP contribution in [0.15, 0.2) is 51.9 Å². The van der Waals surface area contributed by atoms with Gasteiger partial charge < -0.3 is 19.2 Å². The van der Waals surface area contributed by atoms with Crippen LogP contribution in [0.25, 0.3) is 22.1 Å². The molecule has 0 fully saturated rings. The maximum atomic E-state index is 13.0. The second-order valence-electron chi connectivity index (χ2n) is 7.81. The smallest absolute Gasteiger partial charge is 0.341 e. The molecular weight excluding hydrogens is 525 g/mol. The predicted molar refractivity (Wildman–Crippen MR) is 142 cm³/mol. The van der Waals surface area contributed by atoms with Gasteiger partial charge in [-0.05, 0) is 50.6 Å². The Bertz CT molecular complexity index is 1540. The average Bonchev–Trinajstić information content (AvgIpc) is 3.11. The first-order chi connectivity index (χ1) is 17.2. The summed E-state index contributed by atoms with van der Waals surface area (Å²) >= 11 is 13.5. The van der Waals surface area contributed by atoms with Gasteiger partial charge >= 0.3 is 5.97 Å². The maximum Gasteiger partial charge on any atom is 0.341 e. The van der Waals surface area contributed by atoms with Gasteiger partial charge in [0.25, 0.3) is 5.91 Å². The highest BCUT2D eigenvalue weighted by atomic mass is 35.5. The predicted octanol–water partition coefficient (Wildman–Crippen LogP) is 6.64. The number of hydrogen-bond donors (Lipinski definition) is 1. The fraction of sp³-hybridized carbons (Fsp3) is 0.192. The Hall–Kier alpha value is -3.33. The third-order valence-electron chi connectivity index (χ3n) is 5.46. The molecule has 2 heterocycles. The van der Waals surface area contributed by atoms with Gasteiger partial charge in [0, 0.05) is 21.5 Å². The molecule has 2 aromatic carbocycles. The zero-order valence-corrected chi connectivity index (χ0v) is 21.9. The molecular formula is C26H21Cl2NO6S. The molecule has 4 aromatic rings. The third-order valence-corrected chi connectivity index (χ3v) is 7.13. The Morgan fingerprint density at radius 1 is 1.08 bits per heavy atom. The number of anilines is 1. The first-order valence-corrected chi connectivity index (χ1v) is 12.5. The van der Waals surface area contributed by atoms with Gasteiger partial charge in [-0.25, -0.2) is 4.79 Å². The number of carbonyl (C=O) groups excluding carboxylic acids is 2. The number of halogens is 2. The molecule has 0 saturated carbocycles. The number of ether oxygens (including phenoxy) is 2. The van der Waals surface area contributed by atoms with Crippen molar-refractivity contribution in [2.24, 2.45) is 0 Å². The lowest BCUT2D eigenvalue weighted by Gasteiger charge is -2.09. The Morgan fingerprint density at radius 3 is 2.58 bits per heavy atom. The third kappa shape index (κ3) is 5.26. The molecule has 36 heavy (non-hydrogen) atoms. The monoisotopic (exact) mass is 545 g/mol. The lowest BCUT2D eigenvalue weighted by Crippen LogP contribution is -2.21. The summed E-state index contributed by atoms with van der Waals surface area (Å²) < 4.78 is 16.4. The summed E-state index contributed by atoms with van der Waals surface area (Å²) in [4.78, 5) is 38.8. The summed E-state index contributed by atoms with van der Waals surface area (Å²) in [6, 6.07) is 9.51. The molecule has 7 nitrogen and oxygen atoms in total. The van der Waals surface area contributed by atoms with E-state index in [1.54, 1.807) is 44.2 Å². The van der Waals surface area contributed by atoms with Gasteiger partial charge in [0.2, 0.25) is 5.43 Å². The molecule has 0 radical (unpaired) electrons. The molecule has 0 aliphatic rings. The largest absolute Gasteiger partial charge is 0.484 e. The van der Waals surface area contributed by atoms with Gasteiger partial charge in [0.05, 0.1) is 28.1 Å². The van der Waals surface area contributed by atoms with Gasteiger partial charge in [0.1, 0.15) is 22.6 Å². The molecule has 0 saturated heterocycles. The molecule has 4 rings (SSSR count). The Balaban J connectivity index is 1.50. The van der Waals surface area contributed by atoms with E-state index in [4.69, 9.17) is 37.1 Å². The van der Waals surface area contributed by atoms with E-state index < -0.39 is 11.9 Å². The quantitative estimate of drug-likeness (QED) is 0.261. The Kier molecular flexibility index (Phi) is 7.68. The van der Waals surface area contributed by atoms with E-state index in [1.807, 2.05) is 6.92 Å². The summed E-state index contributed by atoms with van der Waals surface area (Å²) in [5.74, 6) is -0.599. The minimum Gasteiger partial charge on any atom is -0.484 e. The number of hydrogen-bond acceptors (Lipinski definition) is 7. The van der Waals surface area contributed by atoms with Crippen molar-refractivity contribution in [3.8, 4) is 16.9 Å². The van der Waals surface area contributed by atoms with Crippen molar-refractivity contribution in [2.45, 2.75) is 20.8 Å². The zero-order valence-electron chi connectivity index (χ0n) is 19.6. The summed E-state index contributed by atoms with van der Waals surface area (Å²) in [7, 11) is 0. The summed E-state index contributed by atoms with van der Waals surface area (Å²) in [5, 5.41) is 4.26. The van der Waals surface area contributed by atoms with Crippen molar-refractivity contribution in [3.05, 3.63) is 78.9 Å². The number of nitrogens with one attached hydrogen (secondary N) is 1. The molecule has 0 aliphatic heterocycles. The summed E-state index contributed by atoms with van der Waals surface area (Å²) in [6.07, 6.45) is 1.33. The molecule has 0 aliphatic carbocycles. The van der Waals surface area contributed by atoms with Gasteiger partial charge in [0.15, 0.2) is 6.61 Å². The van der Waals surface area contributed by atoms with Crippen molar-refractivity contribution < 1.29 is 23.5 Å². The Labute approximate surface area is 220 Å². The maximum absolute atomic E-state index is 13.0. The van der Waals surface area contributed by atoms with E-state index in [-0.39, 0.29) is 18.6 Å². The average molecular weight is 546 g/mol. The fourth-order valence-corrected chi connectivity index (χ4v) is 5.14. The van der Waals surface area contributed by atoms with Crippen LogP contribution < -0.4 is 15.5 Å².